The van der Waals surface area contributed by atoms with Gasteiger partial charge in [0.25, 0.3) is 0 Å². The first kappa shape index (κ1) is 30.6. The van der Waals surface area contributed by atoms with Crippen molar-refractivity contribution in [2.75, 3.05) is 9.80 Å². The van der Waals surface area contributed by atoms with Gasteiger partial charge in [-0.25, -0.2) is 0 Å². The summed E-state index contributed by atoms with van der Waals surface area (Å²) in [5.74, 6) is 2.20. The third-order valence-electron chi connectivity index (χ3n) is 10.9. The van der Waals surface area contributed by atoms with Gasteiger partial charge in [0.1, 0.15) is 22.5 Å². The molecule has 10 rings (SSSR count). The number of rotatable bonds is 6. The predicted octanol–water partition coefficient (Wildman–Crippen LogP) is 11.4. The molecule has 0 saturated heterocycles. The lowest BCUT2D eigenvalue weighted by Crippen LogP contribution is -2.30. The summed E-state index contributed by atoms with van der Waals surface area (Å²) in [6, 6.07) is 45.4. The van der Waals surface area contributed by atoms with E-state index in [1.165, 1.54) is 38.7 Å². The van der Waals surface area contributed by atoms with Crippen molar-refractivity contribution in [2.24, 2.45) is 0 Å². The molecule has 3 aliphatic carbocycles. The summed E-state index contributed by atoms with van der Waals surface area (Å²) in [6.45, 7) is 4.26. The largest absolute Gasteiger partial charge is 0.457 e. The van der Waals surface area contributed by atoms with Gasteiger partial charge in [-0.05, 0) is 111 Å². The number of benzene rings is 5. The zero-order valence-electron chi connectivity index (χ0n) is 29.3. The van der Waals surface area contributed by atoms with Crippen molar-refractivity contribution in [3.63, 3.8) is 0 Å². The first-order valence-electron chi connectivity index (χ1n) is 18.2. The number of para-hydroxylation sites is 2. The predicted molar refractivity (Wildman–Crippen MR) is 214 cm³/mol. The number of aryl methyl sites for hydroxylation is 2. The number of furan rings is 2. The van der Waals surface area contributed by atoms with Gasteiger partial charge in [0.2, 0.25) is 0 Å². The van der Waals surface area contributed by atoms with Crippen molar-refractivity contribution in [3.05, 3.63) is 184 Å². The van der Waals surface area contributed by atoms with Crippen LogP contribution in [-0.4, -0.2) is 0 Å². The molecular formula is C48H38N2O2. The van der Waals surface area contributed by atoms with Crippen LogP contribution in [0.4, 0.5) is 28.4 Å². The van der Waals surface area contributed by atoms with Gasteiger partial charge >= 0.3 is 0 Å². The molecule has 0 aliphatic heterocycles. The minimum Gasteiger partial charge on any atom is -0.457 e. The van der Waals surface area contributed by atoms with Gasteiger partial charge in [0, 0.05) is 73.9 Å². The van der Waals surface area contributed by atoms with Gasteiger partial charge in [-0.3, -0.25) is 0 Å². The summed E-state index contributed by atoms with van der Waals surface area (Å²) < 4.78 is 13.4. The second-order valence-electron chi connectivity index (χ2n) is 14.2. The maximum Gasteiger partial charge on any atom is 0.137 e. The number of nitrogens with zero attached hydrogens (tertiary/aromatic N) is 2. The Kier molecular flexibility index (Phi) is 7.17. The normalized spacial score (nSPS) is 15.6. The van der Waals surface area contributed by atoms with E-state index < -0.39 is 0 Å². The van der Waals surface area contributed by atoms with E-state index in [0.717, 1.165) is 75.6 Å². The van der Waals surface area contributed by atoms with Crippen molar-refractivity contribution >= 4 is 63.2 Å². The summed E-state index contributed by atoms with van der Waals surface area (Å²) in [6.07, 6.45) is 11.8. The van der Waals surface area contributed by atoms with Crippen molar-refractivity contribution < 1.29 is 8.83 Å². The third-order valence-corrected chi connectivity index (χ3v) is 10.9. The second-order valence-corrected chi connectivity index (χ2v) is 14.2. The Morgan fingerprint density at radius 2 is 1.19 bits per heavy atom. The molecule has 52 heavy (non-hydrogen) atoms. The molecule has 4 heteroatoms. The molecule has 2 aromatic heterocycles. The molecule has 0 amide bonds. The summed E-state index contributed by atoms with van der Waals surface area (Å²) in [5.41, 5.74) is 15.2. The Hall–Kier alpha value is -6.26. The quantitative estimate of drug-likeness (QED) is 0.176. The maximum absolute atomic E-state index is 6.69. The van der Waals surface area contributed by atoms with E-state index in [9.17, 15) is 0 Å². The molecule has 1 unspecified atom stereocenters. The SMILES string of the molecule is Cc1ccc(N(C2=Cc3oc4c(c3CC2)C2CC=c3oc5cc(N(c6ccccc6)c6ccc(C)cc6)ccc5c3=C2C=C4)c2ccccc2)cc1. The molecule has 0 N–H and O–H groups in total. The molecule has 0 spiro atoms. The lowest BCUT2D eigenvalue weighted by molar-refractivity contribution is 0.535. The second kappa shape index (κ2) is 12.2. The molecule has 7 aromatic rings. The van der Waals surface area contributed by atoms with E-state index in [2.05, 4.69) is 175 Å². The fourth-order valence-corrected chi connectivity index (χ4v) is 8.37. The highest BCUT2D eigenvalue weighted by molar-refractivity contribution is 5.91. The number of anilines is 5. The number of fused-ring (bicyclic) bond motifs is 8. The van der Waals surface area contributed by atoms with E-state index in [1.807, 2.05) is 0 Å². The van der Waals surface area contributed by atoms with Crippen LogP contribution in [0.5, 0.6) is 0 Å². The Morgan fingerprint density at radius 3 is 1.88 bits per heavy atom. The van der Waals surface area contributed by atoms with Gasteiger partial charge in [-0.1, -0.05) is 77.9 Å². The van der Waals surface area contributed by atoms with Crippen LogP contribution in [0.2, 0.25) is 0 Å². The molecule has 252 valence electrons. The van der Waals surface area contributed by atoms with Crippen LogP contribution in [0.25, 0.3) is 34.8 Å². The van der Waals surface area contributed by atoms with Crippen LogP contribution in [0, 0.1) is 13.8 Å². The highest BCUT2D eigenvalue weighted by Gasteiger charge is 2.34. The van der Waals surface area contributed by atoms with Crippen molar-refractivity contribution in [1.29, 1.82) is 0 Å². The maximum atomic E-state index is 6.69. The first-order valence-corrected chi connectivity index (χ1v) is 18.2. The Bertz CT molecular complexity index is 2660. The Balaban J connectivity index is 1.05. The number of allylic oxidation sites excluding steroid dienone is 2. The lowest BCUT2D eigenvalue weighted by Gasteiger charge is -2.30. The lowest BCUT2D eigenvalue weighted by atomic mass is 9.78. The van der Waals surface area contributed by atoms with Gasteiger partial charge in [-0.2, -0.15) is 0 Å². The zero-order valence-corrected chi connectivity index (χ0v) is 29.3. The van der Waals surface area contributed by atoms with Crippen molar-refractivity contribution in [1.82, 2.24) is 0 Å². The van der Waals surface area contributed by atoms with Crippen LogP contribution >= 0.6 is 0 Å². The smallest absolute Gasteiger partial charge is 0.137 e. The van der Waals surface area contributed by atoms with Crippen LogP contribution < -0.4 is 20.4 Å². The topological polar surface area (TPSA) is 32.8 Å². The van der Waals surface area contributed by atoms with E-state index >= 15 is 0 Å². The van der Waals surface area contributed by atoms with Crippen molar-refractivity contribution in [3.8, 4) is 0 Å². The van der Waals surface area contributed by atoms with E-state index in [0.29, 0.717) is 0 Å². The molecule has 0 radical (unpaired) electrons. The molecule has 1 atom stereocenters. The summed E-state index contributed by atoms with van der Waals surface area (Å²) in [7, 11) is 0. The van der Waals surface area contributed by atoms with E-state index in [-0.39, 0.29) is 5.92 Å². The van der Waals surface area contributed by atoms with Gasteiger partial charge in [0.05, 0.1) is 0 Å². The fourth-order valence-electron chi connectivity index (χ4n) is 8.37. The minimum atomic E-state index is 0.228. The summed E-state index contributed by atoms with van der Waals surface area (Å²) >= 11 is 0. The fraction of sp³-hybridized carbons (Fsp3) is 0.125. The van der Waals surface area contributed by atoms with Crippen LogP contribution in [0.15, 0.2) is 148 Å². The average Bonchev–Trinajstić information content (AvgIpc) is 3.75. The summed E-state index contributed by atoms with van der Waals surface area (Å²) in [5, 5.41) is 2.36. The number of hydrogen-bond donors (Lipinski definition) is 0. The first-order chi connectivity index (χ1) is 25.6. The van der Waals surface area contributed by atoms with E-state index in [4.69, 9.17) is 8.83 Å². The molecule has 4 nitrogen and oxygen atoms in total. The Morgan fingerprint density at radius 1 is 0.577 bits per heavy atom. The Labute approximate surface area is 303 Å². The van der Waals surface area contributed by atoms with Crippen LogP contribution in [-0.2, 0) is 6.42 Å². The third kappa shape index (κ3) is 5.05. The highest BCUT2D eigenvalue weighted by atomic mass is 16.3. The molecular weight excluding hydrogens is 637 g/mol. The van der Waals surface area contributed by atoms with Gasteiger partial charge in [0.15, 0.2) is 0 Å². The van der Waals surface area contributed by atoms with Gasteiger partial charge < -0.3 is 18.6 Å². The molecule has 0 fully saturated rings. The van der Waals surface area contributed by atoms with Crippen molar-refractivity contribution in [2.45, 2.75) is 39.0 Å². The number of hydrogen-bond acceptors (Lipinski definition) is 4. The standard InChI is InChI=1S/C48H38N2O2/c1-31-13-17-35(18-14-31)49(33-9-5-3-6-10-33)37-21-23-41-45(29-37)51-43-27-25-40-39(47(41)43)26-28-44-48(40)42-24-22-38(30-46(42)52-44)50(34-11-7-4-8-12-34)36-19-15-32(2)16-20-36/h3-21,23,26-30,40H,22,24-25H2,1-2H3. The zero-order chi connectivity index (χ0) is 34.8. The molecule has 0 saturated carbocycles. The summed E-state index contributed by atoms with van der Waals surface area (Å²) in [4.78, 5) is 4.67. The van der Waals surface area contributed by atoms with Gasteiger partial charge in [-0.15, -0.1) is 0 Å². The van der Waals surface area contributed by atoms with Crippen LogP contribution in [0.3, 0.4) is 0 Å². The molecule has 0 bridgehead atoms. The van der Waals surface area contributed by atoms with E-state index in [1.54, 1.807) is 0 Å². The molecule has 5 aromatic carbocycles. The highest BCUT2D eigenvalue weighted by Crippen LogP contribution is 2.46. The average molecular weight is 675 g/mol. The minimum absolute atomic E-state index is 0.228. The monoisotopic (exact) mass is 674 g/mol. The van der Waals surface area contributed by atoms with Crippen LogP contribution in [0.1, 0.15) is 52.5 Å². The molecule has 2 heterocycles. The molecule has 3 aliphatic rings.